The summed E-state index contributed by atoms with van der Waals surface area (Å²) in [4.78, 5) is 0. The minimum Gasteiger partial charge on any atom is -0.379 e. The normalized spacial score (nSPS) is 16.6. The largest absolute Gasteiger partial charge is 0.379 e. The van der Waals surface area contributed by atoms with Gasteiger partial charge in [0.05, 0.1) is 11.6 Å². The fourth-order valence-corrected chi connectivity index (χ4v) is 1.60. The first-order valence-corrected chi connectivity index (χ1v) is 5.60. The summed E-state index contributed by atoms with van der Waals surface area (Å²) in [5, 5.41) is 3.47. The smallest absolute Gasteiger partial charge is 0.0782 e. The third-order valence-corrected chi connectivity index (χ3v) is 3.24. The minimum atomic E-state index is -0.249. The molecule has 0 aliphatic rings. The highest BCUT2D eigenvalue weighted by Crippen LogP contribution is 2.22. The van der Waals surface area contributed by atoms with E-state index in [0.29, 0.717) is 6.54 Å². The van der Waals surface area contributed by atoms with Gasteiger partial charge in [-0.2, -0.15) is 0 Å². The molecule has 1 aromatic carbocycles. The van der Waals surface area contributed by atoms with Crippen molar-refractivity contribution in [1.82, 2.24) is 0 Å². The zero-order chi connectivity index (χ0) is 12.2. The van der Waals surface area contributed by atoms with E-state index in [1.54, 1.807) is 7.11 Å². The second-order valence-electron chi connectivity index (χ2n) is 4.44. The summed E-state index contributed by atoms with van der Waals surface area (Å²) in [6.07, 6.45) is 0.0529. The van der Waals surface area contributed by atoms with Gasteiger partial charge < -0.3 is 15.8 Å². The molecule has 0 bridgehead atoms. The van der Waals surface area contributed by atoms with E-state index in [9.17, 15) is 0 Å². The molecule has 2 unspecified atom stereocenters. The Bertz CT molecular complexity index is 340. The number of anilines is 1. The van der Waals surface area contributed by atoms with E-state index in [1.165, 1.54) is 5.56 Å². The number of rotatable bonds is 5. The SMILES string of the molecule is COC(C)C(C)(CN)Nc1ccccc1C. The molecule has 0 spiro atoms. The fourth-order valence-electron chi connectivity index (χ4n) is 1.60. The Morgan fingerprint density at radius 2 is 2.06 bits per heavy atom. The molecule has 0 heterocycles. The van der Waals surface area contributed by atoms with E-state index in [0.717, 1.165) is 5.69 Å². The van der Waals surface area contributed by atoms with Crippen LogP contribution in [0.5, 0.6) is 0 Å². The summed E-state index contributed by atoms with van der Waals surface area (Å²) in [6, 6.07) is 8.19. The third kappa shape index (κ3) is 2.74. The summed E-state index contributed by atoms with van der Waals surface area (Å²) >= 11 is 0. The maximum absolute atomic E-state index is 5.84. The van der Waals surface area contributed by atoms with Crippen molar-refractivity contribution in [1.29, 1.82) is 0 Å². The average Bonchev–Trinajstić information content (AvgIpc) is 2.31. The molecule has 0 aliphatic heterocycles. The molecule has 16 heavy (non-hydrogen) atoms. The first-order valence-electron chi connectivity index (χ1n) is 5.60. The molecular weight excluding hydrogens is 200 g/mol. The monoisotopic (exact) mass is 222 g/mol. The van der Waals surface area contributed by atoms with Crippen LogP contribution in [-0.2, 0) is 4.74 Å². The Kier molecular flexibility index (Phi) is 4.33. The van der Waals surface area contributed by atoms with Crippen LogP contribution in [0.2, 0.25) is 0 Å². The Morgan fingerprint density at radius 1 is 1.44 bits per heavy atom. The zero-order valence-corrected chi connectivity index (χ0v) is 10.6. The molecule has 90 valence electrons. The number of hydrogen-bond acceptors (Lipinski definition) is 3. The van der Waals surface area contributed by atoms with Crippen LogP contribution in [0.25, 0.3) is 0 Å². The van der Waals surface area contributed by atoms with Gasteiger partial charge in [0.15, 0.2) is 0 Å². The van der Waals surface area contributed by atoms with Gasteiger partial charge in [0.1, 0.15) is 0 Å². The molecule has 0 aliphatic carbocycles. The quantitative estimate of drug-likeness (QED) is 0.802. The number of hydrogen-bond donors (Lipinski definition) is 2. The van der Waals surface area contributed by atoms with Crippen molar-refractivity contribution < 1.29 is 4.74 Å². The van der Waals surface area contributed by atoms with Gasteiger partial charge in [-0.1, -0.05) is 18.2 Å². The Labute approximate surface area is 98.0 Å². The second kappa shape index (κ2) is 5.32. The Morgan fingerprint density at radius 3 is 2.56 bits per heavy atom. The van der Waals surface area contributed by atoms with Crippen LogP contribution in [0.15, 0.2) is 24.3 Å². The Balaban J connectivity index is 2.89. The molecular formula is C13H22N2O. The molecule has 0 saturated carbocycles. The van der Waals surface area contributed by atoms with Crippen LogP contribution in [-0.4, -0.2) is 25.3 Å². The topological polar surface area (TPSA) is 47.3 Å². The summed E-state index contributed by atoms with van der Waals surface area (Å²) < 4.78 is 5.38. The number of ether oxygens (including phenoxy) is 1. The third-order valence-electron chi connectivity index (χ3n) is 3.24. The minimum absolute atomic E-state index is 0.0529. The van der Waals surface area contributed by atoms with Gasteiger partial charge in [-0.15, -0.1) is 0 Å². The first kappa shape index (κ1) is 13.0. The van der Waals surface area contributed by atoms with E-state index in [2.05, 4.69) is 31.3 Å². The lowest BCUT2D eigenvalue weighted by atomic mass is 9.95. The lowest BCUT2D eigenvalue weighted by Gasteiger charge is -2.36. The van der Waals surface area contributed by atoms with Gasteiger partial charge in [-0.05, 0) is 32.4 Å². The second-order valence-corrected chi connectivity index (χ2v) is 4.44. The van der Waals surface area contributed by atoms with Crippen molar-refractivity contribution in [3.63, 3.8) is 0 Å². The lowest BCUT2D eigenvalue weighted by molar-refractivity contribution is 0.0688. The van der Waals surface area contributed by atoms with Gasteiger partial charge in [-0.3, -0.25) is 0 Å². The van der Waals surface area contributed by atoms with Crippen molar-refractivity contribution in [2.75, 3.05) is 19.0 Å². The van der Waals surface area contributed by atoms with Crippen LogP contribution in [0.4, 0.5) is 5.69 Å². The number of benzene rings is 1. The van der Waals surface area contributed by atoms with Crippen LogP contribution < -0.4 is 11.1 Å². The predicted octanol–water partition coefficient (Wildman–Crippen LogP) is 2.16. The first-order chi connectivity index (χ1) is 7.53. The molecule has 0 saturated heterocycles. The maximum Gasteiger partial charge on any atom is 0.0782 e. The number of aryl methyl sites for hydroxylation is 1. The molecule has 3 N–H and O–H groups in total. The Hall–Kier alpha value is -1.06. The summed E-state index contributed by atoms with van der Waals surface area (Å²) in [5.74, 6) is 0. The summed E-state index contributed by atoms with van der Waals surface area (Å²) in [6.45, 7) is 6.71. The summed E-state index contributed by atoms with van der Waals surface area (Å²) in [5.41, 5.74) is 7.91. The van der Waals surface area contributed by atoms with E-state index in [-0.39, 0.29) is 11.6 Å². The summed E-state index contributed by atoms with van der Waals surface area (Å²) in [7, 11) is 1.71. The van der Waals surface area contributed by atoms with E-state index in [4.69, 9.17) is 10.5 Å². The zero-order valence-electron chi connectivity index (χ0n) is 10.6. The van der Waals surface area contributed by atoms with Gasteiger partial charge in [0, 0.05) is 19.3 Å². The molecule has 0 fully saturated rings. The van der Waals surface area contributed by atoms with E-state index in [1.807, 2.05) is 19.1 Å². The standard InChI is InChI=1S/C13H22N2O/c1-10-7-5-6-8-12(10)15-13(3,9-14)11(2)16-4/h5-8,11,15H,9,14H2,1-4H3. The van der Waals surface area contributed by atoms with Gasteiger partial charge in [-0.25, -0.2) is 0 Å². The highest BCUT2D eigenvalue weighted by Gasteiger charge is 2.29. The van der Waals surface area contributed by atoms with Crippen molar-refractivity contribution in [2.24, 2.45) is 5.73 Å². The van der Waals surface area contributed by atoms with Crippen molar-refractivity contribution >= 4 is 5.69 Å². The number of nitrogens with one attached hydrogen (secondary N) is 1. The van der Waals surface area contributed by atoms with Crippen molar-refractivity contribution in [3.05, 3.63) is 29.8 Å². The van der Waals surface area contributed by atoms with Crippen LogP contribution in [0, 0.1) is 6.92 Å². The molecule has 3 heteroatoms. The van der Waals surface area contributed by atoms with Gasteiger partial charge in [0.25, 0.3) is 0 Å². The van der Waals surface area contributed by atoms with Crippen LogP contribution in [0.3, 0.4) is 0 Å². The lowest BCUT2D eigenvalue weighted by Crippen LogP contribution is -2.52. The van der Waals surface area contributed by atoms with Gasteiger partial charge >= 0.3 is 0 Å². The molecule has 2 atom stereocenters. The molecule has 0 amide bonds. The highest BCUT2D eigenvalue weighted by atomic mass is 16.5. The molecule has 3 nitrogen and oxygen atoms in total. The predicted molar refractivity (Wildman–Crippen MR) is 68.7 cm³/mol. The number of para-hydroxylation sites is 1. The fraction of sp³-hybridized carbons (Fsp3) is 0.538. The number of methoxy groups -OCH3 is 1. The maximum atomic E-state index is 5.84. The van der Waals surface area contributed by atoms with Gasteiger partial charge in [0.2, 0.25) is 0 Å². The van der Waals surface area contributed by atoms with Crippen molar-refractivity contribution in [3.8, 4) is 0 Å². The molecule has 1 rings (SSSR count). The van der Waals surface area contributed by atoms with E-state index < -0.39 is 0 Å². The van der Waals surface area contributed by atoms with Crippen molar-refractivity contribution in [2.45, 2.75) is 32.4 Å². The molecule has 0 radical (unpaired) electrons. The van der Waals surface area contributed by atoms with Crippen LogP contribution >= 0.6 is 0 Å². The average molecular weight is 222 g/mol. The molecule has 0 aromatic heterocycles. The number of nitrogens with two attached hydrogens (primary N) is 1. The highest BCUT2D eigenvalue weighted by molar-refractivity contribution is 5.52. The van der Waals surface area contributed by atoms with E-state index >= 15 is 0 Å². The van der Waals surface area contributed by atoms with Crippen LogP contribution in [0.1, 0.15) is 19.4 Å². The molecule has 1 aromatic rings.